The summed E-state index contributed by atoms with van der Waals surface area (Å²) in [6.45, 7) is 12.3. The second-order valence-electron chi connectivity index (χ2n) is 10.9. The predicted molar refractivity (Wildman–Crippen MR) is 154 cm³/mol. The van der Waals surface area contributed by atoms with Crippen LogP contribution in [0, 0.1) is 0 Å². The number of hydrogen-bond donors (Lipinski definition) is 0. The molecule has 1 aliphatic rings. The minimum absolute atomic E-state index is 0.152. The molecule has 1 unspecified atom stereocenters. The van der Waals surface area contributed by atoms with Gasteiger partial charge in [-0.1, -0.05) is 50.0 Å². The highest BCUT2D eigenvalue weighted by molar-refractivity contribution is 6.74. The quantitative estimate of drug-likeness (QED) is 0.215. The van der Waals surface area contributed by atoms with Gasteiger partial charge in [0.05, 0.1) is 44.0 Å². The average Bonchev–Trinajstić information content (AvgIpc) is 3.30. The van der Waals surface area contributed by atoms with Gasteiger partial charge in [0, 0.05) is 17.7 Å². The van der Waals surface area contributed by atoms with Crippen LogP contribution in [0.5, 0.6) is 17.2 Å². The summed E-state index contributed by atoms with van der Waals surface area (Å²) in [5.41, 5.74) is 1.15. The Hall–Kier alpha value is -1.97. The molecule has 0 spiro atoms. The Morgan fingerprint density at radius 3 is 2.18 bits per heavy atom. The van der Waals surface area contributed by atoms with Gasteiger partial charge in [0.2, 0.25) is 5.75 Å². The third kappa shape index (κ3) is 6.77. The molecule has 0 aromatic heterocycles. The van der Waals surface area contributed by atoms with Gasteiger partial charge in [-0.3, -0.25) is 4.79 Å². The second-order valence-corrected chi connectivity index (χ2v) is 16.5. The fourth-order valence-corrected chi connectivity index (χ4v) is 5.51. The lowest BCUT2D eigenvalue weighted by Crippen LogP contribution is -2.41. The molecule has 10 heteroatoms. The highest BCUT2D eigenvalue weighted by Gasteiger charge is 2.39. The molecule has 1 fully saturated rings. The number of benzene rings is 2. The van der Waals surface area contributed by atoms with E-state index in [0.717, 1.165) is 18.4 Å². The Morgan fingerprint density at radius 2 is 1.66 bits per heavy atom. The number of methoxy groups -OCH3 is 3. The Kier molecular flexibility index (Phi) is 10.0. The van der Waals surface area contributed by atoms with E-state index in [9.17, 15) is 4.79 Å². The summed E-state index contributed by atoms with van der Waals surface area (Å²) in [6.07, 6.45) is 0.800. The molecular weight excluding hydrogens is 545 g/mol. The minimum Gasteiger partial charge on any atom is -0.493 e. The van der Waals surface area contributed by atoms with Crippen LogP contribution in [-0.2, 0) is 9.16 Å². The van der Waals surface area contributed by atoms with Gasteiger partial charge in [-0.2, -0.15) is 0 Å². The smallest absolute Gasteiger partial charge is 0.256 e. The van der Waals surface area contributed by atoms with Crippen molar-refractivity contribution in [3.05, 3.63) is 51.5 Å². The third-order valence-corrected chi connectivity index (χ3v) is 12.6. The topological polar surface area (TPSA) is 66.5 Å². The molecule has 2 aromatic carbocycles. The van der Waals surface area contributed by atoms with E-state index in [0.29, 0.717) is 46.0 Å². The maximum atomic E-state index is 13.9. The van der Waals surface area contributed by atoms with Crippen LogP contribution in [0.4, 0.5) is 0 Å². The largest absolute Gasteiger partial charge is 0.493 e. The van der Waals surface area contributed by atoms with Crippen LogP contribution in [0.1, 0.15) is 55.8 Å². The van der Waals surface area contributed by atoms with Crippen LogP contribution in [0.25, 0.3) is 0 Å². The molecule has 1 aliphatic heterocycles. The zero-order chi connectivity index (χ0) is 28.3. The molecule has 7 nitrogen and oxygen atoms in total. The summed E-state index contributed by atoms with van der Waals surface area (Å²) >= 11 is 12.5. The highest BCUT2D eigenvalue weighted by atomic mass is 35.5. The summed E-state index contributed by atoms with van der Waals surface area (Å²) < 4.78 is 29.1. The molecule has 2 atom stereocenters. The first kappa shape index (κ1) is 30.6. The summed E-state index contributed by atoms with van der Waals surface area (Å²) in [5.74, 6) is 1.01. The van der Waals surface area contributed by atoms with Crippen molar-refractivity contribution in [2.24, 2.45) is 0 Å². The van der Waals surface area contributed by atoms with Crippen LogP contribution in [0.3, 0.4) is 0 Å². The van der Waals surface area contributed by atoms with E-state index in [1.165, 1.54) is 21.3 Å². The Morgan fingerprint density at radius 1 is 1.03 bits per heavy atom. The van der Waals surface area contributed by atoms with E-state index < -0.39 is 14.5 Å². The van der Waals surface area contributed by atoms with Crippen molar-refractivity contribution in [2.45, 2.75) is 64.1 Å². The SMILES string of the molecule is COc1cc(C(=O)N2C[C@@H](CCCO[Si](C)(C)C(C)(C)C)OC2c2ccc(Cl)c(Cl)c2)cc(OC)c1OC. The van der Waals surface area contributed by atoms with Crippen LogP contribution >= 0.6 is 23.2 Å². The first-order valence-electron chi connectivity index (χ1n) is 12.7. The van der Waals surface area contributed by atoms with Crippen molar-refractivity contribution in [1.29, 1.82) is 0 Å². The maximum absolute atomic E-state index is 13.9. The third-order valence-electron chi connectivity index (χ3n) is 7.35. The van der Waals surface area contributed by atoms with Gasteiger partial charge in [0.15, 0.2) is 26.0 Å². The van der Waals surface area contributed by atoms with Crippen LogP contribution in [0.2, 0.25) is 28.2 Å². The lowest BCUT2D eigenvalue weighted by molar-refractivity contribution is -0.00209. The van der Waals surface area contributed by atoms with Gasteiger partial charge >= 0.3 is 0 Å². The van der Waals surface area contributed by atoms with Gasteiger partial charge in [0.1, 0.15) is 0 Å². The number of ether oxygens (including phenoxy) is 4. The number of halogens is 2. The first-order chi connectivity index (χ1) is 17.8. The monoisotopic (exact) mass is 583 g/mol. The molecular formula is C28H39Cl2NO6Si. The fraction of sp³-hybridized carbons (Fsp3) is 0.536. The van der Waals surface area contributed by atoms with Crippen LogP contribution in [-0.4, -0.2) is 59.7 Å². The molecule has 38 heavy (non-hydrogen) atoms. The lowest BCUT2D eigenvalue weighted by Gasteiger charge is -2.36. The van der Waals surface area contributed by atoms with E-state index in [1.807, 2.05) is 6.07 Å². The van der Waals surface area contributed by atoms with Crippen LogP contribution < -0.4 is 14.2 Å². The Labute approximate surface area is 237 Å². The summed E-state index contributed by atoms with van der Waals surface area (Å²) in [4.78, 5) is 15.6. The van der Waals surface area contributed by atoms with Gasteiger partial charge < -0.3 is 28.3 Å². The van der Waals surface area contributed by atoms with Crippen molar-refractivity contribution in [3.8, 4) is 17.2 Å². The predicted octanol–water partition coefficient (Wildman–Crippen LogP) is 7.36. The van der Waals surface area contributed by atoms with E-state index in [-0.39, 0.29) is 17.0 Å². The number of rotatable bonds is 10. The lowest BCUT2D eigenvalue weighted by atomic mass is 10.1. The number of carbonyl (C=O) groups is 1. The van der Waals surface area contributed by atoms with Crippen molar-refractivity contribution >= 4 is 37.4 Å². The Bertz CT molecular complexity index is 1110. The van der Waals surface area contributed by atoms with Crippen molar-refractivity contribution in [3.63, 3.8) is 0 Å². The molecule has 1 saturated heterocycles. The number of nitrogens with zero attached hydrogens (tertiary/aromatic N) is 1. The first-order valence-corrected chi connectivity index (χ1v) is 16.3. The van der Waals surface area contributed by atoms with Gasteiger partial charge in [0.25, 0.3) is 5.91 Å². The van der Waals surface area contributed by atoms with E-state index >= 15 is 0 Å². The van der Waals surface area contributed by atoms with Gasteiger partial charge in [-0.25, -0.2) is 0 Å². The fourth-order valence-electron chi connectivity index (χ4n) is 4.11. The molecule has 3 rings (SSSR count). The molecule has 0 N–H and O–H groups in total. The maximum Gasteiger partial charge on any atom is 0.256 e. The molecule has 1 amide bonds. The van der Waals surface area contributed by atoms with E-state index in [4.69, 9.17) is 46.6 Å². The van der Waals surface area contributed by atoms with Crippen molar-refractivity contribution in [2.75, 3.05) is 34.5 Å². The number of amides is 1. The summed E-state index contributed by atoms with van der Waals surface area (Å²) in [5, 5.41) is 0.994. The minimum atomic E-state index is -1.83. The molecule has 0 aliphatic carbocycles. The standard InChI is InChI=1S/C28H39Cl2NO6Si/c1-28(2,3)38(7,8)36-13-9-10-20-17-31(27(37-20)18-11-12-21(29)22(30)14-18)26(32)19-15-23(33-4)25(35-6)24(16-19)34-5/h11-12,14-16,20,27H,9-10,13,17H2,1-8H3/t20-,27?/m1/s1. The zero-order valence-electron chi connectivity index (χ0n) is 23.5. The second kappa shape index (κ2) is 12.5. The van der Waals surface area contributed by atoms with Gasteiger partial charge in [-0.15, -0.1) is 0 Å². The zero-order valence-corrected chi connectivity index (χ0v) is 26.0. The highest BCUT2D eigenvalue weighted by Crippen LogP contribution is 2.41. The molecule has 1 heterocycles. The molecule has 0 radical (unpaired) electrons. The average molecular weight is 585 g/mol. The van der Waals surface area contributed by atoms with Gasteiger partial charge in [-0.05, 0) is 55.2 Å². The number of carbonyl (C=O) groups excluding carboxylic acids is 1. The van der Waals surface area contributed by atoms with E-state index in [2.05, 4.69) is 33.9 Å². The molecule has 210 valence electrons. The normalized spacial score (nSPS) is 18.0. The Balaban J connectivity index is 1.84. The molecule has 0 bridgehead atoms. The van der Waals surface area contributed by atoms with Crippen molar-refractivity contribution in [1.82, 2.24) is 4.90 Å². The number of hydrogen-bond acceptors (Lipinski definition) is 6. The van der Waals surface area contributed by atoms with E-state index in [1.54, 1.807) is 29.2 Å². The molecule has 0 saturated carbocycles. The molecule has 2 aromatic rings. The van der Waals surface area contributed by atoms with Crippen LogP contribution in [0.15, 0.2) is 30.3 Å². The summed E-state index contributed by atoms with van der Waals surface area (Å²) in [6, 6.07) is 8.58. The summed E-state index contributed by atoms with van der Waals surface area (Å²) in [7, 11) is 2.73. The van der Waals surface area contributed by atoms with Crippen molar-refractivity contribution < 1.29 is 28.2 Å².